The van der Waals surface area contributed by atoms with Gasteiger partial charge >= 0.3 is 0 Å². The summed E-state index contributed by atoms with van der Waals surface area (Å²) in [4.78, 5) is 16.5. The first-order valence-corrected chi connectivity index (χ1v) is 7.99. The van der Waals surface area contributed by atoms with Crippen LogP contribution in [0.25, 0.3) is 0 Å². The van der Waals surface area contributed by atoms with Crippen molar-refractivity contribution in [3.05, 3.63) is 34.4 Å². The molecular weight excluding hydrogens is 318 g/mol. The van der Waals surface area contributed by atoms with Gasteiger partial charge in [0.15, 0.2) is 5.15 Å². The van der Waals surface area contributed by atoms with Crippen molar-refractivity contribution in [2.24, 2.45) is 7.05 Å². The van der Waals surface area contributed by atoms with Gasteiger partial charge in [0.25, 0.3) is 0 Å². The van der Waals surface area contributed by atoms with E-state index in [2.05, 4.69) is 15.2 Å². The molecule has 3 heterocycles. The minimum atomic E-state index is 0.0943. The number of hydrogen-bond acceptors (Lipinski definition) is 5. The summed E-state index contributed by atoms with van der Waals surface area (Å²) in [6, 6.07) is 1.95. The number of rotatable bonds is 4. The highest BCUT2D eigenvalue weighted by atomic mass is 35.5. The van der Waals surface area contributed by atoms with Crippen molar-refractivity contribution in [2.75, 3.05) is 26.2 Å². The molecule has 0 saturated carbocycles. The monoisotopic (exact) mass is 337 g/mol. The Hall–Kier alpha value is -1.86. The molecule has 1 fully saturated rings. The summed E-state index contributed by atoms with van der Waals surface area (Å²) < 4.78 is 6.71. The van der Waals surface area contributed by atoms with Crippen LogP contribution >= 0.6 is 11.6 Å². The van der Waals surface area contributed by atoms with Gasteiger partial charge in [0.1, 0.15) is 5.76 Å². The van der Waals surface area contributed by atoms with E-state index in [1.54, 1.807) is 17.9 Å². The lowest BCUT2D eigenvalue weighted by molar-refractivity contribution is -0.132. The third-order valence-electron chi connectivity index (χ3n) is 3.98. The van der Waals surface area contributed by atoms with Crippen LogP contribution in [0.15, 0.2) is 16.8 Å². The van der Waals surface area contributed by atoms with Crippen LogP contribution in [0.5, 0.6) is 0 Å². The number of aryl methyl sites for hydroxylation is 2. The van der Waals surface area contributed by atoms with Gasteiger partial charge in [-0.05, 0) is 6.92 Å². The topological polar surface area (TPSA) is 67.4 Å². The molecule has 3 rings (SSSR count). The van der Waals surface area contributed by atoms with Crippen molar-refractivity contribution >= 4 is 17.5 Å². The van der Waals surface area contributed by atoms with Gasteiger partial charge in [-0.3, -0.25) is 14.4 Å². The standard InChI is InChI=1S/C15H20ClN5O2/c1-11-7-13(18-23-11)10-20-3-5-21(6-4-20)14(22)8-12-9-19(2)17-15(12)16/h7,9H,3-6,8,10H2,1-2H3. The van der Waals surface area contributed by atoms with Gasteiger partial charge < -0.3 is 9.42 Å². The summed E-state index contributed by atoms with van der Waals surface area (Å²) in [6.45, 7) is 5.74. The zero-order chi connectivity index (χ0) is 16.4. The van der Waals surface area contributed by atoms with E-state index in [4.69, 9.17) is 16.1 Å². The molecule has 124 valence electrons. The molecule has 1 aliphatic heterocycles. The van der Waals surface area contributed by atoms with E-state index in [1.807, 2.05) is 17.9 Å². The molecular formula is C15H20ClN5O2. The predicted molar refractivity (Wildman–Crippen MR) is 85.0 cm³/mol. The molecule has 0 N–H and O–H groups in total. The summed E-state index contributed by atoms with van der Waals surface area (Å²) in [5.74, 6) is 0.916. The first-order chi connectivity index (χ1) is 11.0. The van der Waals surface area contributed by atoms with E-state index in [0.29, 0.717) is 24.7 Å². The molecule has 0 radical (unpaired) electrons. The molecule has 23 heavy (non-hydrogen) atoms. The Balaban J connectivity index is 1.50. The average Bonchev–Trinajstić information content (AvgIpc) is 3.05. The SMILES string of the molecule is Cc1cc(CN2CCN(C(=O)Cc3cn(C)nc3Cl)CC2)no1. The molecule has 1 amide bonds. The minimum absolute atomic E-state index is 0.0943. The molecule has 0 aromatic carbocycles. The van der Waals surface area contributed by atoms with Gasteiger partial charge in [-0.1, -0.05) is 16.8 Å². The van der Waals surface area contributed by atoms with Crippen LogP contribution in [0.1, 0.15) is 17.0 Å². The van der Waals surface area contributed by atoms with E-state index in [-0.39, 0.29) is 5.91 Å². The molecule has 1 saturated heterocycles. The number of halogens is 1. The summed E-state index contributed by atoms with van der Waals surface area (Å²) in [5.41, 5.74) is 1.71. The fourth-order valence-corrected chi connectivity index (χ4v) is 3.02. The van der Waals surface area contributed by atoms with Crippen LogP contribution in [-0.2, 0) is 24.8 Å². The summed E-state index contributed by atoms with van der Waals surface area (Å²) >= 11 is 6.02. The Kier molecular flexibility index (Phi) is 4.68. The maximum absolute atomic E-state index is 12.4. The lowest BCUT2D eigenvalue weighted by Crippen LogP contribution is -2.48. The maximum atomic E-state index is 12.4. The number of nitrogens with zero attached hydrogens (tertiary/aromatic N) is 5. The summed E-state index contributed by atoms with van der Waals surface area (Å²) in [7, 11) is 1.80. The zero-order valence-corrected chi connectivity index (χ0v) is 14.1. The molecule has 7 nitrogen and oxygen atoms in total. The van der Waals surface area contributed by atoms with Crippen LogP contribution in [0.2, 0.25) is 5.15 Å². The summed E-state index contributed by atoms with van der Waals surface area (Å²) in [6.07, 6.45) is 2.10. The normalized spacial score (nSPS) is 16.0. The summed E-state index contributed by atoms with van der Waals surface area (Å²) in [5, 5.41) is 8.47. The van der Waals surface area contributed by atoms with E-state index >= 15 is 0 Å². The second-order valence-electron chi connectivity index (χ2n) is 5.88. The fraction of sp³-hybridized carbons (Fsp3) is 0.533. The van der Waals surface area contributed by atoms with E-state index in [0.717, 1.165) is 36.7 Å². The number of aromatic nitrogens is 3. The molecule has 2 aromatic heterocycles. The van der Waals surface area contributed by atoms with Crippen molar-refractivity contribution in [3.8, 4) is 0 Å². The van der Waals surface area contributed by atoms with Gasteiger partial charge in [0.05, 0.1) is 12.1 Å². The lowest BCUT2D eigenvalue weighted by Gasteiger charge is -2.34. The largest absolute Gasteiger partial charge is 0.361 e. The van der Waals surface area contributed by atoms with Crippen LogP contribution in [-0.4, -0.2) is 56.8 Å². The second kappa shape index (κ2) is 6.72. The highest BCUT2D eigenvalue weighted by Crippen LogP contribution is 2.15. The van der Waals surface area contributed by atoms with Crippen LogP contribution in [0.4, 0.5) is 0 Å². The van der Waals surface area contributed by atoms with Crippen LogP contribution in [0.3, 0.4) is 0 Å². The second-order valence-corrected chi connectivity index (χ2v) is 6.24. The average molecular weight is 338 g/mol. The highest BCUT2D eigenvalue weighted by molar-refractivity contribution is 6.30. The van der Waals surface area contributed by atoms with Gasteiger partial charge in [0.2, 0.25) is 5.91 Å². The van der Waals surface area contributed by atoms with Gasteiger partial charge in [-0.25, -0.2) is 0 Å². The predicted octanol–water partition coefficient (Wildman–Crippen LogP) is 1.26. The Morgan fingerprint density at radius 1 is 1.35 bits per heavy atom. The molecule has 8 heteroatoms. The van der Waals surface area contributed by atoms with E-state index < -0.39 is 0 Å². The van der Waals surface area contributed by atoms with Crippen molar-refractivity contribution in [2.45, 2.75) is 19.9 Å². The van der Waals surface area contributed by atoms with Crippen molar-refractivity contribution < 1.29 is 9.32 Å². The number of carbonyl (C=O) groups excluding carboxylic acids is 1. The first kappa shape index (κ1) is 16.0. The van der Waals surface area contributed by atoms with Gasteiger partial charge in [-0.15, -0.1) is 0 Å². The number of piperazine rings is 1. The number of carbonyl (C=O) groups is 1. The fourth-order valence-electron chi connectivity index (χ4n) is 2.78. The Morgan fingerprint density at radius 2 is 2.09 bits per heavy atom. The molecule has 1 aliphatic rings. The first-order valence-electron chi connectivity index (χ1n) is 7.61. The quantitative estimate of drug-likeness (QED) is 0.840. The van der Waals surface area contributed by atoms with E-state index in [9.17, 15) is 4.79 Å². The van der Waals surface area contributed by atoms with E-state index in [1.165, 1.54) is 0 Å². The molecule has 2 aromatic rings. The van der Waals surface area contributed by atoms with Crippen LogP contribution in [0, 0.1) is 6.92 Å². The van der Waals surface area contributed by atoms with Crippen molar-refractivity contribution in [1.29, 1.82) is 0 Å². The smallest absolute Gasteiger partial charge is 0.227 e. The van der Waals surface area contributed by atoms with Crippen molar-refractivity contribution in [3.63, 3.8) is 0 Å². The lowest BCUT2D eigenvalue weighted by atomic mass is 10.2. The number of hydrogen-bond donors (Lipinski definition) is 0. The third kappa shape index (κ3) is 3.92. The molecule has 0 atom stereocenters. The number of amides is 1. The third-order valence-corrected chi connectivity index (χ3v) is 4.30. The maximum Gasteiger partial charge on any atom is 0.227 e. The molecule has 0 bridgehead atoms. The Labute approximate surface area is 139 Å². The zero-order valence-electron chi connectivity index (χ0n) is 13.3. The Bertz CT molecular complexity index is 688. The highest BCUT2D eigenvalue weighted by Gasteiger charge is 2.23. The van der Waals surface area contributed by atoms with Gasteiger partial charge in [0, 0.05) is 57.6 Å². The van der Waals surface area contributed by atoms with Gasteiger partial charge in [-0.2, -0.15) is 5.10 Å². The van der Waals surface area contributed by atoms with Crippen LogP contribution < -0.4 is 0 Å². The molecule has 0 unspecified atom stereocenters. The molecule has 0 spiro atoms. The van der Waals surface area contributed by atoms with Crippen molar-refractivity contribution in [1.82, 2.24) is 24.7 Å². The minimum Gasteiger partial charge on any atom is -0.361 e. The Morgan fingerprint density at radius 3 is 2.65 bits per heavy atom. The molecule has 0 aliphatic carbocycles.